The molecule has 4 rings (SSSR count). The molecule has 1 aromatic heterocycles. The predicted octanol–water partition coefficient (Wildman–Crippen LogP) is 5.90. The number of nitrogens with one attached hydrogen (secondary N) is 1. The summed E-state index contributed by atoms with van der Waals surface area (Å²) in [5.41, 5.74) is 8.95. The summed E-state index contributed by atoms with van der Waals surface area (Å²) < 4.78 is 45.9. The van der Waals surface area contributed by atoms with Crippen LogP contribution in [0.1, 0.15) is 26.4 Å². The average molecular weight is 511 g/mol. The maximum Gasteiger partial charge on any atom is 0.211 e. The van der Waals surface area contributed by atoms with Crippen LogP contribution in [0.15, 0.2) is 76.5 Å². The van der Waals surface area contributed by atoms with Crippen LogP contribution >= 0.6 is 11.3 Å². The SMILES string of the molecule is COc1ccc(S(=O)(=O)c2c(Nc3cc(C)ccc3C)sc(C(=O)c3ccc(F)cc3)c2N)cc1. The van der Waals surface area contributed by atoms with E-state index in [1.807, 2.05) is 32.0 Å². The van der Waals surface area contributed by atoms with Gasteiger partial charge in [0.25, 0.3) is 0 Å². The van der Waals surface area contributed by atoms with E-state index in [0.717, 1.165) is 22.5 Å². The number of anilines is 3. The van der Waals surface area contributed by atoms with E-state index >= 15 is 0 Å². The molecule has 3 N–H and O–H groups in total. The third-order valence-electron chi connectivity index (χ3n) is 5.49. The zero-order valence-corrected chi connectivity index (χ0v) is 20.9. The monoisotopic (exact) mass is 510 g/mol. The van der Waals surface area contributed by atoms with Gasteiger partial charge in [-0.2, -0.15) is 0 Å². The lowest BCUT2D eigenvalue weighted by Gasteiger charge is -2.12. The molecule has 0 bridgehead atoms. The quantitative estimate of drug-likeness (QED) is 0.300. The van der Waals surface area contributed by atoms with E-state index in [-0.39, 0.29) is 30.9 Å². The number of aryl methyl sites for hydroxylation is 2. The molecule has 180 valence electrons. The molecule has 0 saturated heterocycles. The Hall–Kier alpha value is -3.69. The molecule has 4 aromatic rings. The first-order valence-electron chi connectivity index (χ1n) is 10.6. The number of hydrogen-bond donors (Lipinski definition) is 2. The molecule has 0 saturated carbocycles. The molecule has 9 heteroatoms. The molecule has 3 aromatic carbocycles. The number of nitrogen functional groups attached to an aromatic ring is 1. The van der Waals surface area contributed by atoms with Crippen LogP contribution < -0.4 is 15.8 Å². The van der Waals surface area contributed by atoms with Crippen LogP contribution in [0, 0.1) is 19.7 Å². The molecule has 0 fully saturated rings. The van der Waals surface area contributed by atoms with Gasteiger partial charge in [-0.3, -0.25) is 4.79 Å². The first kappa shape index (κ1) is 24.4. The summed E-state index contributed by atoms with van der Waals surface area (Å²) in [5, 5.41) is 3.40. The van der Waals surface area contributed by atoms with Gasteiger partial charge in [0.1, 0.15) is 26.3 Å². The van der Waals surface area contributed by atoms with Crippen molar-refractivity contribution in [1.29, 1.82) is 0 Å². The number of methoxy groups -OCH3 is 1. The second-order valence-electron chi connectivity index (χ2n) is 7.96. The minimum Gasteiger partial charge on any atom is -0.497 e. The van der Waals surface area contributed by atoms with Crippen LogP contribution in [0.5, 0.6) is 5.75 Å². The Bertz CT molecular complexity index is 1510. The third kappa shape index (κ3) is 4.78. The number of carbonyl (C=O) groups is 1. The van der Waals surface area contributed by atoms with Crippen molar-refractivity contribution in [1.82, 2.24) is 0 Å². The number of ether oxygens (including phenoxy) is 1. The van der Waals surface area contributed by atoms with Crippen LogP contribution in [-0.2, 0) is 9.84 Å². The van der Waals surface area contributed by atoms with E-state index in [4.69, 9.17) is 10.5 Å². The third-order valence-corrected chi connectivity index (χ3v) is 8.60. The fourth-order valence-corrected chi connectivity index (χ4v) is 6.47. The van der Waals surface area contributed by atoms with E-state index in [1.165, 1.54) is 55.6 Å². The van der Waals surface area contributed by atoms with E-state index in [0.29, 0.717) is 11.4 Å². The highest BCUT2D eigenvalue weighted by Gasteiger charge is 2.32. The van der Waals surface area contributed by atoms with Crippen molar-refractivity contribution in [3.05, 3.63) is 94.1 Å². The molecule has 35 heavy (non-hydrogen) atoms. The molecule has 0 aliphatic carbocycles. The molecule has 0 aliphatic heterocycles. The second kappa shape index (κ2) is 9.52. The summed E-state index contributed by atoms with van der Waals surface area (Å²) in [4.78, 5) is 13.1. The second-order valence-corrected chi connectivity index (χ2v) is 10.9. The molecule has 0 aliphatic rings. The van der Waals surface area contributed by atoms with Crippen molar-refractivity contribution in [2.75, 3.05) is 18.2 Å². The minimum atomic E-state index is -4.11. The van der Waals surface area contributed by atoms with Gasteiger partial charge in [0.2, 0.25) is 15.6 Å². The van der Waals surface area contributed by atoms with Gasteiger partial charge in [0.05, 0.1) is 17.7 Å². The molecule has 0 amide bonds. The summed E-state index contributed by atoms with van der Waals surface area (Å²) >= 11 is 0.949. The maximum atomic E-state index is 13.7. The standard InChI is InChI=1S/C26H23FN2O4S2/c1-15-4-5-16(2)21(14-15)29-26-25(35(31,32)20-12-10-19(33-3)11-13-20)22(28)24(34-26)23(30)17-6-8-18(27)9-7-17/h4-14,29H,28H2,1-3H3. The van der Waals surface area contributed by atoms with Gasteiger partial charge < -0.3 is 15.8 Å². The molecule has 0 radical (unpaired) electrons. The molecular formula is C26H23FN2O4S2. The first-order chi connectivity index (χ1) is 16.6. The van der Waals surface area contributed by atoms with E-state index < -0.39 is 21.4 Å². The fourth-order valence-electron chi connectivity index (χ4n) is 3.54. The fraction of sp³-hybridized carbons (Fsp3) is 0.115. The number of benzene rings is 3. The first-order valence-corrected chi connectivity index (χ1v) is 12.9. The minimum absolute atomic E-state index is 0.00703. The van der Waals surface area contributed by atoms with Crippen LogP contribution in [0.2, 0.25) is 0 Å². The Kier molecular flexibility index (Phi) is 6.64. The van der Waals surface area contributed by atoms with Gasteiger partial charge in [0, 0.05) is 11.3 Å². The van der Waals surface area contributed by atoms with Crippen molar-refractivity contribution in [2.45, 2.75) is 23.6 Å². The van der Waals surface area contributed by atoms with E-state index in [2.05, 4.69) is 5.32 Å². The average Bonchev–Trinajstić information content (AvgIpc) is 3.17. The molecule has 0 spiro atoms. The number of thiophene rings is 1. The van der Waals surface area contributed by atoms with Crippen molar-refractivity contribution in [2.24, 2.45) is 0 Å². The number of rotatable bonds is 7. The van der Waals surface area contributed by atoms with Gasteiger partial charge in [-0.1, -0.05) is 12.1 Å². The van der Waals surface area contributed by atoms with Crippen LogP contribution in [0.25, 0.3) is 0 Å². The summed E-state index contributed by atoms with van der Waals surface area (Å²) in [7, 11) is -2.63. The van der Waals surface area contributed by atoms with Gasteiger partial charge in [0.15, 0.2) is 0 Å². The lowest BCUT2D eigenvalue weighted by molar-refractivity contribution is 0.104. The van der Waals surface area contributed by atoms with E-state index in [1.54, 1.807) is 0 Å². The lowest BCUT2D eigenvalue weighted by atomic mass is 10.1. The lowest BCUT2D eigenvalue weighted by Crippen LogP contribution is -2.08. The zero-order valence-electron chi connectivity index (χ0n) is 19.3. The normalized spacial score (nSPS) is 11.3. The summed E-state index contributed by atoms with van der Waals surface area (Å²) in [5.74, 6) is -0.475. The highest BCUT2D eigenvalue weighted by molar-refractivity contribution is 7.92. The molecule has 0 unspecified atom stereocenters. The topological polar surface area (TPSA) is 98.5 Å². The largest absolute Gasteiger partial charge is 0.497 e. The Labute approximate surface area is 207 Å². The molecular weight excluding hydrogens is 487 g/mol. The van der Waals surface area contributed by atoms with Gasteiger partial charge in [-0.25, -0.2) is 12.8 Å². The molecule has 6 nitrogen and oxygen atoms in total. The smallest absolute Gasteiger partial charge is 0.211 e. The molecule has 1 heterocycles. The number of hydrogen-bond acceptors (Lipinski definition) is 7. The number of carbonyl (C=O) groups excluding carboxylic acids is 1. The summed E-state index contributed by atoms with van der Waals surface area (Å²) in [6.45, 7) is 3.81. The molecule has 0 atom stereocenters. The Balaban J connectivity index is 1.89. The van der Waals surface area contributed by atoms with E-state index in [9.17, 15) is 17.6 Å². The summed E-state index contributed by atoms with van der Waals surface area (Å²) in [6.07, 6.45) is 0. The summed E-state index contributed by atoms with van der Waals surface area (Å²) in [6, 6.07) is 16.7. The Morgan fingerprint density at radius 1 is 1.00 bits per heavy atom. The highest BCUT2D eigenvalue weighted by atomic mass is 32.2. The van der Waals surface area contributed by atoms with Crippen LogP contribution in [0.4, 0.5) is 20.8 Å². The van der Waals surface area contributed by atoms with Crippen LogP contribution in [-0.4, -0.2) is 21.3 Å². The number of sulfone groups is 1. The predicted molar refractivity (Wildman–Crippen MR) is 136 cm³/mol. The van der Waals surface area contributed by atoms with Gasteiger partial charge >= 0.3 is 0 Å². The zero-order chi connectivity index (χ0) is 25.3. The number of ketones is 1. The van der Waals surface area contributed by atoms with Crippen LogP contribution in [0.3, 0.4) is 0 Å². The number of halogens is 1. The van der Waals surface area contributed by atoms with Crippen molar-refractivity contribution in [3.8, 4) is 5.75 Å². The van der Waals surface area contributed by atoms with Gasteiger partial charge in [-0.05, 0) is 79.6 Å². The Morgan fingerprint density at radius 3 is 2.29 bits per heavy atom. The van der Waals surface area contributed by atoms with Gasteiger partial charge in [-0.15, -0.1) is 11.3 Å². The highest BCUT2D eigenvalue weighted by Crippen LogP contribution is 2.44. The Morgan fingerprint density at radius 2 is 1.66 bits per heavy atom. The van der Waals surface area contributed by atoms with Crippen molar-refractivity contribution in [3.63, 3.8) is 0 Å². The van der Waals surface area contributed by atoms with Crippen molar-refractivity contribution < 1.29 is 22.3 Å². The maximum absolute atomic E-state index is 13.7. The number of nitrogens with two attached hydrogens (primary N) is 1. The van der Waals surface area contributed by atoms with Crippen molar-refractivity contribution >= 4 is 43.3 Å².